The molecular weight excluding hydrogens is 252 g/mol. The third kappa shape index (κ3) is 3.71. The smallest absolute Gasteiger partial charge is 0.287 e. The summed E-state index contributed by atoms with van der Waals surface area (Å²) in [4.78, 5) is 11.8. The highest BCUT2D eigenvalue weighted by Gasteiger charge is 2.12. The Balaban J connectivity index is 2.84. The van der Waals surface area contributed by atoms with E-state index in [4.69, 9.17) is 17.3 Å². The number of nitrogens with zero attached hydrogens (tertiary/aromatic N) is 2. The summed E-state index contributed by atoms with van der Waals surface area (Å²) in [6, 6.07) is 0.126. The fourth-order valence-corrected chi connectivity index (χ4v) is 1.91. The Morgan fingerprint density at radius 1 is 1.56 bits per heavy atom. The van der Waals surface area contributed by atoms with Gasteiger partial charge >= 0.3 is 0 Å². The molecule has 1 atom stereocenters. The summed E-state index contributed by atoms with van der Waals surface area (Å²) < 4.78 is 1.33. The maximum absolute atomic E-state index is 11.8. The van der Waals surface area contributed by atoms with Crippen LogP contribution in [0.5, 0.6) is 0 Å². The lowest BCUT2D eigenvalue weighted by molar-refractivity contribution is 0.602. The molecule has 0 bridgehead atoms. The predicted molar refractivity (Wildman–Crippen MR) is 75.2 cm³/mol. The lowest BCUT2D eigenvalue weighted by Crippen LogP contribution is -2.31. The Bertz CT molecular complexity index is 433. The van der Waals surface area contributed by atoms with E-state index in [2.05, 4.69) is 17.3 Å². The minimum Gasteiger partial charge on any atom is -0.378 e. The highest BCUT2D eigenvalue weighted by Crippen LogP contribution is 2.17. The van der Waals surface area contributed by atoms with Crippen LogP contribution >= 0.6 is 11.6 Å². The van der Waals surface area contributed by atoms with E-state index >= 15 is 0 Å². The van der Waals surface area contributed by atoms with Crippen molar-refractivity contribution in [2.24, 2.45) is 5.73 Å². The minimum atomic E-state index is -0.268. The van der Waals surface area contributed by atoms with Gasteiger partial charge in [-0.15, -0.1) is 0 Å². The maximum Gasteiger partial charge on any atom is 0.287 e. The second-order valence-electron chi connectivity index (χ2n) is 4.21. The van der Waals surface area contributed by atoms with Gasteiger partial charge in [0.2, 0.25) is 0 Å². The van der Waals surface area contributed by atoms with Crippen molar-refractivity contribution in [2.45, 2.75) is 45.7 Å². The Labute approximate surface area is 112 Å². The van der Waals surface area contributed by atoms with E-state index < -0.39 is 0 Å². The van der Waals surface area contributed by atoms with E-state index in [-0.39, 0.29) is 16.6 Å². The molecule has 1 rings (SSSR count). The van der Waals surface area contributed by atoms with Crippen molar-refractivity contribution in [3.8, 4) is 0 Å². The average molecular weight is 273 g/mol. The Morgan fingerprint density at radius 2 is 2.28 bits per heavy atom. The summed E-state index contributed by atoms with van der Waals surface area (Å²) in [5.74, 6) is 0. The second kappa shape index (κ2) is 7.38. The van der Waals surface area contributed by atoms with E-state index in [1.165, 1.54) is 4.68 Å². The second-order valence-corrected chi connectivity index (χ2v) is 4.59. The number of hydrogen-bond donors (Lipinski definition) is 2. The number of hydrogen-bond acceptors (Lipinski definition) is 4. The first-order valence-corrected chi connectivity index (χ1v) is 6.74. The van der Waals surface area contributed by atoms with Gasteiger partial charge in [0.05, 0.1) is 11.9 Å². The van der Waals surface area contributed by atoms with Gasteiger partial charge in [-0.05, 0) is 13.3 Å². The van der Waals surface area contributed by atoms with E-state index in [1.807, 2.05) is 6.92 Å². The number of aryl methyl sites for hydroxylation is 1. The van der Waals surface area contributed by atoms with Crippen molar-refractivity contribution in [3.05, 3.63) is 21.6 Å². The van der Waals surface area contributed by atoms with Crippen LogP contribution in [-0.4, -0.2) is 22.4 Å². The van der Waals surface area contributed by atoms with Crippen molar-refractivity contribution in [1.82, 2.24) is 9.78 Å². The fraction of sp³-hybridized carbons (Fsp3) is 0.667. The summed E-state index contributed by atoms with van der Waals surface area (Å²) in [5.41, 5.74) is 6.00. The molecule has 0 fully saturated rings. The molecule has 18 heavy (non-hydrogen) atoms. The monoisotopic (exact) mass is 272 g/mol. The van der Waals surface area contributed by atoms with Gasteiger partial charge in [-0.1, -0.05) is 31.4 Å². The molecule has 1 unspecified atom stereocenters. The van der Waals surface area contributed by atoms with E-state index in [0.717, 1.165) is 19.3 Å². The van der Waals surface area contributed by atoms with Crippen LogP contribution in [0.4, 0.5) is 5.69 Å². The van der Waals surface area contributed by atoms with Crippen LogP contribution in [0.15, 0.2) is 11.0 Å². The summed E-state index contributed by atoms with van der Waals surface area (Å²) in [6.45, 7) is 4.99. The lowest BCUT2D eigenvalue weighted by atomic mass is 10.1. The molecule has 1 aromatic heterocycles. The normalized spacial score (nSPS) is 12.4. The van der Waals surface area contributed by atoms with Gasteiger partial charge in [0.1, 0.15) is 5.02 Å². The van der Waals surface area contributed by atoms with Crippen LogP contribution in [0.25, 0.3) is 0 Å². The van der Waals surface area contributed by atoms with Gasteiger partial charge in [0, 0.05) is 19.1 Å². The molecule has 0 aliphatic rings. The fourth-order valence-electron chi connectivity index (χ4n) is 1.71. The predicted octanol–water partition coefficient (Wildman–Crippen LogP) is 1.85. The number of nitrogens with one attached hydrogen (secondary N) is 1. The van der Waals surface area contributed by atoms with Gasteiger partial charge in [0.15, 0.2) is 0 Å². The number of nitrogens with two attached hydrogens (primary N) is 1. The molecule has 0 amide bonds. The van der Waals surface area contributed by atoms with Crippen molar-refractivity contribution < 1.29 is 0 Å². The quantitative estimate of drug-likeness (QED) is 0.794. The van der Waals surface area contributed by atoms with E-state index in [0.29, 0.717) is 18.8 Å². The van der Waals surface area contributed by atoms with Gasteiger partial charge in [0.25, 0.3) is 5.56 Å². The first-order chi connectivity index (χ1) is 8.63. The van der Waals surface area contributed by atoms with Gasteiger partial charge in [-0.3, -0.25) is 4.79 Å². The lowest BCUT2D eigenvalue weighted by Gasteiger charge is -2.18. The Kier molecular flexibility index (Phi) is 6.15. The third-order valence-electron chi connectivity index (χ3n) is 2.83. The number of halogens is 1. The summed E-state index contributed by atoms with van der Waals surface area (Å²) >= 11 is 6.04. The van der Waals surface area contributed by atoms with E-state index in [1.54, 1.807) is 6.20 Å². The molecule has 102 valence electrons. The van der Waals surface area contributed by atoms with Crippen LogP contribution in [0.1, 0.15) is 33.1 Å². The van der Waals surface area contributed by atoms with Crippen LogP contribution in [0.3, 0.4) is 0 Å². The van der Waals surface area contributed by atoms with Crippen molar-refractivity contribution in [2.75, 3.05) is 11.9 Å². The molecule has 1 heterocycles. The molecule has 0 aliphatic heterocycles. The van der Waals surface area contributed by atoms with Crippen molar-refractivity contribution in [3.63, 3.8) is 0 Å². The molecule has 0 saturated heterocycles. The zero-order chi connectivity index (χ0) is 13.5. The Hall–Kier alpha value is -1.07. The molecule has 0 aliphatic carbocycles. The first kappa shape index (κ1) is 15.0. The van der Waals surface area contributed by atoms with Crippen LogP contribution < -0.4 is 16.6 Å². The molecule has 5 nitrogen and oxygen atoms in total. The molecule has 0 saturated carbocycles. The number of aromatic nitrogens is 2. The first-order valence-electron chi connectivity index (χ1n) is 6.36. The number of anilines is 1. The average Bonchev–Trinajstić information content (AvgIpc) is 2.39. The third-order valence-corrected chi connectivity index (χ3v) is 3.20. The summed E-state index contributed by atoms with van der Waals surface area (Å²) in [6.07, 6.45) is 4.75. The highest BCUT2D eigenvalue weighted by molar-refractivity contribution is 6.32. The molecule has 6 heteroatoms. The van der Waals surface area contributed by atoms with Crippen molar-refractivity contribution >= 4 is 17.3 Å². The van der Waals surface area contributed by atoms with Crippen LogP contribution in [-0.2, 0) is 6.54 Å². The molecule has 0 spiro atoms. The zero-order valence-electron chi connectivity index (χ0n) is 10.9. The highest BCUT2D eigenvalue weighted by atomic mass is 35.5. The van der Waals surface area contributed by atoms with Gasteiger partial charge < -0.3 is 11.1 Å². The topological polar surface area (TPSA) is 72.9 Å². The largest absolute Gasteiger partial charge is 0.378 e. The van der Waals surface area contributed by atoms with Crippen LogP contribution in [0, 0.1) is 0 Å². The molecule has 0 aromatic carbocycles. The summed E-state index contributed by atoms with van der Waals surface area (Å²) in [7, 11) is 0. The molecule has 3 N–H and O–H groups in total. The van der Waals surface area contributed by atoms with Gasteiger partial charge in [-0.25, -0.2) is 4.68 Å². The molecule has 1 aromatic rings. The number of rotatable bonds is 7. The Morgan fingerprint density at radius 3 is 2.83 bits per heavy atom. The minimum absolute atomic E-state index is 0.126. The SMILES string of the molecule is CCCCC(CN)Nc1cnn(CC)c(=O)c1Cl. The van der Waals surface area contributed by atoms with Gasteiger partial charge in [-0.2, -0.15) is 5.10 Å². The number of unbranched alkanes of at least 4 members (excludes halogenated alkanes) is 1. The van der Waals surface area contributed by atoms with Crippen molar-refractivity contribution in [1.29, 1.82) is 0 Å². The maximum atomic E-state index is 11.8. The molecular formula is C12H21ClN4O. The van der Waals surface area contributed by atoms with E-state index in [9.17, 15) is 4.79 Å². The standard InChI is InChI=1S/C12H21ClN4O/c1-3-5-6-9(7-14)16-10-8-15-17(4-2)12(18)11(10)13/h8-9,16H,3-7,14H2,1-2H3. The zero-order valence-corrected chi connectivity index (χ0v) is 11.7. The van der Waals surface area contributed by atoms with Crippen LogP contribution in [0.2, 0.25) is 5.02 Å². The molecule has 0 radical (unpaired) electrons. The summed E-state index contributed by atoms with van der Waals surface area (Å²) in [5, 5.41) is 7.41.